The molecule has 0 unspecified atom stereocenters. The van der Waals surface area contributed by atoms with Crippen molar-refractivity contribution in [2.24, 2.45) is 0 Å². The highest BCUT2D eigenvalue weighted by Gasteiger charge is 2.13. The zero-order valence-corrected chi connectivity index (χ0v) is 7.87. The molecule has 0 bridgehead atoms. The third-order valence-corrected chi connectivity index (χ3v) is 2.33. The molecule has 0 radical (unpaired) electrons. The van der Waals surface area contributed by atoms with E-state index >= 15 is 0 Å². The third kappa shape index (κ3) is 3.08. The number of allylic oxidation sites excluding steroid dienone is 2. The first kappa shape index (κ1) is 10.1. The largest absolute Gasteiger partial charge is 0.396 e. The molecule has 3 heteroatoms. The van der Waals surface area contributed by atoms with Crippen molar-refractivity contribution in [2.45, 2.75) is 25.7 Å². The highest BCUT2D eigenvalue weighted by molar-refractivity contribution is 5.13. The van der Waals surface area contributed by atoms with Crippen LogP contribution in [-0.4, -0.2) is 29.7 Å². The van der Waals surface area contributed by atoms with Crippen LogP contribution in [0.25, 0.3) is 0 Å². The number of rotatable bonds is 3. The van der Waals surface area contributed by atoms with E-state index < -0.39 is 0 Å². The molecular weight excluding hydrogens is 164 g/mol. The number of nitrogens with zero attached hydrogens (tertiary/aromatic N) is 2. The van der Waals surface area contributed by atoms with Gasteiger partial charge in [0.25, 0.3) is 0 Å². The van der Waals surface area contributed by atoms with Crippen LogP contribution in [0, 0.1) is 11.3 Å². The molecule has 0 aromatic heterocycles. The number of likely N-dealkylation sites (tertiary alicyclic amines) is 1. The van der Waals surface area contributed by atoms with Crippen LogP contribution in [0.2, 0.25) is 0 Å². The second kappa shape index (κ2) is 5.60. The Morgan fingerprint density at radius 1 is 1.54 bits per heavy atom. The number of nitriles is 1. The molecule has 0 atom stereocenters. The molecule has 0 aliphatic carbocycles. The Bertz CT molecular complexity index is 217. The Balaban J connectivity index is 2.48. The second-order valence-corrected chi connectivity index (χ2v) is 3.29. The Kier molecular flexibility index (Phi) is 4.34. The van der Waals surface area contributed by atoms with E-state index in [-0.39, 0.29) is 6.61 Å². The summed E-state index contributed by atoms with van der Waals surface area (Å²) >= 11 is 0. The van der Waals surface area contributed by atoms with Gasteiger partial charge in [0.1, 0.15) is 0 Å². The maximum Gasteiger partial charge on any atom is 0.0930 e. The van der Waals surface area contributed by atoms with Crippen molar-refractivity contribution in [3.8, 4) is 6.07 Å². The monoisotopic (exact) mass is 180 g/mol. The summed E-state index contributed by atoms with van der Waals surface area (Å²) in [6, 6.07) is 2.08. The lowest BCUT2D eigenvalue weighted by Crippen LogP contribution is -2.29. The summed E-state index contributed by atoms with van der Waals surface area (Å²) in [5, 5.41) is 17.3. The average Bonchev–Trinajstić information content (AvgIpc) is 2.17. The molecular formula is C10H16N2O. The minimum atomic E-state index is 0.232. The molecule has 72 valence electrons. The van der Waals surface area contributed by atoms with Gasteiger partial charge in [-0.05, 0) is 25.7 Å². The van der Waals surface area contributed by atoms with Crippen LogP contribution in [0.15, 0.2) is 11.8 Å². The molecule has 0 saturated carbocycles. The van der Waals surface area contributed by atoms with Crippen LogP contribution in [0.5, 0.6) is 0 Å². The lowest BCUT2D eigenvalue weighted by atomic mass is 10.1. The van der Waals surface area contributed by atoms with Gasteiger partial charge in [0.15, 0.2) is 0 Å². The fourth-order valence-electron chi connectivity index (χ4n) is 1.67. The molecule has 1 aliphatic heterocycles. The van der Waals surface area contributed by atoms with Crippen LogP contribution >= 0.6 is 0 Å². The van der Waals surface area contributed by atoms with Gasteiger partial charge in [0, 0.05) is 31.5 Å². The Morgan fingerprint density at radius 2 is 2.38 bits per heavy atom. The SMILES string of the molecule is N#C/C=C1\CCCCN1CCCO. The normalized spacial score (nSPS) is 20.3. The van der Waals surface area contributed by atoms with Crippen molar-refractivity contribution in [1.82, 2.24) is 4.90 Å². The van der Waals surface area contributed by atoms with Gasteiger partial charge in [0.05, 0.1) is 6.07 Å². The first-order valence-electron chi connectivity index (χ1n) is 4.83. The minimum absolute atomic E-state index is 0.232. The fraction of sp³-hybridized carbons (Fsp3) is 0.700. The van der Waals surface area contributed by atoms with Crippen molar-refractivity contribution in [3.05, 3.63) is 11.8 Å². The summed E-state index contributed by atoms with van der Waals surface area (Å²) in [4.78, 5) is 2.21. The Hall–Kier alpha value is -1.01. The van der Waals surface area contributed by atoms with E-state index in [0.29, 0.717) is 0 Å². The molecule has 1 rings (SSSR count). The van der Waals surface area contributed by atoms with E-state index in [4.69, 9.17) is 10.4 Å². The molecule has 0 spiro atoms. The molecule has 1 aliphatic rings. The number of aliphatic hydroxyl groups is 1. The molecule has 13 heavy (non-hydrogen) atoms. The lowest BCUT2D eigenvalue weighted by molar-refractivity contribution is 0.234. The van der Waals surface area contributed by atoms with Gasteiger partial charge < -0.3 is 10.0 Å². The Labute approximate surface area is 79.3 Å². The van der Waals surface area contributed by atoms with Crippen LogP contribution in [0.3, 0.4) is 0 Å². The van der Waals surface area contributed by atoms with Gasteiger partial charge >= 0.3 is 0 Å². The number of hydrogen-bond acceptors (Lipinski definition) is 3. The van der Waals surface area contributed by atoms with Gasteiger partial charge in [-0.15, -0.1) is 0 Å². The summed E-state index contributed by atoms with van der Waals surface area (Å²) in [6.07, 6.45) is 5.83. The van der Waals surface area contributed by atoms with Crippen molar-refractivity contribution in [2.75, 3.05) is 19.7 Å². The van der Waals surface area contributed by atoms with Crippen molar-refractivity contribution in [1.29, 1.82) is 5.26 Å². The molecule has 0 aromatic carbocycles. The summed E-state index contributed by atoms with van der Waals surface area (Å²) in [5.41, 5.74) is 1.14. The molecule has 1 heterocycles. The quantitative estimate of drug-likeness (QED) is 0.665. The summed E-state index contributed by atoms with van der Waals surface area (Å²) < 4.78 is 0. The van der Waals surface area contributed by atoms with Gasteiger partial charge in [0.2, 0.25) is 0 Å². The predicted octanol–water partition coefficient (Wildman–Crippen LogP) is 1.26. The van der Waals surface area contributed by atoms with Crippen molar-refractivity contribution < 1.29 is 5.11 Å². The topological polar surface area (TPSA) is 47.3 Å². The predicted molar refractivity (Wildman–Crippen MR) is 50.8 cm³/mol. The fourth-order valence-corrected chi connectivity index (χ4v) is 1.67. The van der Waals surface area contributed by atoms with Crippen LogP contribution in [-0.2, 0) is 0 Å². The van der Waals surface area contributed by atoms with Gasteiger partial charge in [-0.3, -0.25) is 0 Å². The summed E-state index contributed by atoms with van der Waals surface area (Å²) in [7, 11) is 0. The van der Waals surface area contributed by atoms with Crippen LogP contribution in [0.4, 0.5) is 0 Å². The van der Waals surface area contributed by atoms with Gasteiger partial charge in [-0.1, -0.05) is 0 Å². The van der Waals surface area contributed by atoms with E-state index in [2.05, 4.69) is 11.0 Å². The first-order chi connectivity index (χ1) is 6.38. The number of aliphatic hydroxyl groups excluding tert-OH is 1. The van der Waals surface area contributed by atoms with Crippen molar-refractivity contribution >= 4 is 0 Å². The maximum absolute atomic E-state index is 8.70. The van der Waals surface area contributed by atoms with Crippen LogP contribution in [0.1, 0.15) is 25.7 Å². The van der Waals surface area contributed by atoms with Gasteiger partial charge in [-0.2, -0.15) is 5.26 Å². The molecule has 1 fully saturated rings. The van der Waals surface area contributed by atoms with Crippen LogP contribution < -0.4 is 0 Å². The molecule has 0 amide bonds. The lowest BCUT2D eigenvalue weighted by Gasteiger charge is -2.30. The van der Waals surface area contributed by atoms with E-state index in [1.807, 2.05) is 0 Å². The molecule has 1 N–H and O–H groups in total. The summed E-state index contributed by atoms with van der Waals surface area (Å²) in [5.74, 6) is 0. The Morgan fingerprint density at radius 3 is 3.08 bits per heavy atom. The minimum Gasteiger partial charge on any atom is -0.396 e. The van der Waals surface area contributed by atoms with E-state index in [1.165, 1.54) is 12.8 Å². The second-order valence-electron chi connectivity index (χ2n) is 3.29. The molecule has 0 aromatic rings. The standard InChI is InChI=1S/C10H16N2O/c11-6-5-10-4-1-2-7-12(10)8-3-9-13/h5,13H,1-4,7-9H2/b10-5+. The zero-order chi connectivity index (χ0) is 9.52. The zero-order valence-electron chi connectivity index (χ0n) is 7.87. The highest BCUT2D eigenvalue weighted by atomic mass is 16.3. The highest BCUT2D eigenvalue weighted by Crippen LogP contribution is 2.19. The number of piperidine rings is 1. The average molecular weight is 180 g/mol. The smallest absolute Gasteiger partial charge is 0.0930 e. The van der Waals surface area contributed by atoms with E-state index in [9.17, 15) is 0 Å². The van der Waals surface area contributed by atoms with E-state index in [1.54, 1.807) is 6.08 Å². The maximum atomic E-state index is 8.70. The molecule has 3 nitrogen and oxygen atoms in total. The summed E-state index contributed by atoms with van der Waals surface area (Å²) in [6.45, 7) is 2.15. The molecule has 1 saturated heterocycles. The van der Waals surface area contributed by atoms with E-state index in [0.717, 1.165) is 31.6 Å². The number of hydrogen-bond donors (Lipinski definition) is 1. The first-order valence-corrected chi connectivity index (χ1v) is 4.83. The van der Waals surface area contributed by atoms with Crippen molar-refractivity contribution in [3.63, 3.8) is 0 Å². The van der Waals surface area contributed by atoms with Gasteiger partial charge in [-0.25, -0.2) is 0 Å². The third-order valence-electron chi connectivity index (χ3n) is 2.33.